The van der Waals surface area contributed by atoms with E-state index in [1.54, 1.807) is 6.20 Å². The van der Waals surface area contributed by atoms with Gasteiger partial charge in [0.15, 0.2) is 0 Å². The molecular weight excluding hydrogens is 164 g/mol. The van der Waals surface area contributed by atoms with Crippen LogP contribution in [0.1, 0.15) is 18.1 Å². The van der Waals surface area contributed by atoms with Crippen LogP contribution in [0.15, 0.2) is 12.3 Å². The second-order valence-corrected chi connectivity index (χ2v) is 3.00. The number of ether oxygens (including phenoxy) is 1. The molecule has 3 heteroatoms. The summed E-state index contributed by atoms with van der Waals surface area (Å²) in [6, 6.07) is 2.06. The Balaban J connectivity index is 2.59. The Hall–Kier alpha value is -1.09. The van der Waals surface area contributed by atoms with E-state index in [1.807, 2.05) is 13.8 Å². The third-order valence-electron chi connectivity index (χ3n) is 1.86. The first-order valence-electron chi connectivity index (χ1n) is 4.52. The average molecular weight is 180 g/mol. The predicted octanol–water partition coefficient (Wildman–Crippen LogP) is 1.55. The highest BCUT2D eigenvalue weighted by atomic mass is 16.5. The standard InChI is InChI=1S/C10H16N2O/c1-3-13-5-4-9-6-8(2)7-12-10(9)11/h6-7H,3-5H2,1-2H3,(H2,11,12). The van der Waals surface area contributed by atoms with E-state index in [2.05, 4.69) is 11.1 Å². The van der Waals surface area contributed by atoms with Gasteiger partial charge < -0.3 is 10.5 Å². The molecule has 2 N–H and O–H groups in total. The molecule has 1 heterocycles. The van der Waals surface area contributed by atoms with Crippen molar-refractivity contribution in [1.29, 1.82) is 0 Å². The van der Waals surface area contributed by atoms with Crippen molar-refractivity contribution in [2.75, 3.05) is 18.9 Å². The van der Waals surface area contributed by atoms with Gasteiger partial charge in [-0.2, -0.15) is 0 Å². The normalized spacial score (nSPS) is 10.3. The number of pyridine rings is 1. The van der Waals surface area contributed by atoms with Crippen LogP contribution >= 0.6 is 0 Å². The Bertz CT molecular complexity index is 274. The van der Waals surface area contributed by atoms with E-state index in [4.69, 9.17) is 10.5 Å². The molecule has 1 aromatic rings. The van der Waals surface area contributed by atoms with Crippen molar-refractivity contribution < 1.29 is 4.74 Å². The molecule has 1 rings (SSSR count). The van der Waals surface area contributed by atoms with Gasteiger partial charge in [0.2, 0.25) is 0 Å². The first-order chi connectivity index (χ1) is 6.24. The molecule has 0 aliphatic heterocycles. The van der Waals surface area contributed by atoms with Gasteiger partial charge in [0.05, 0.1) is 6.61 Å². The van der Waals surface area contributed by atoms with Gasteiger partial charge in [0.1, 0.15) is 5.82 Å². The lowest BCUT2D eigenvalue weighted by molar-refractivity contribution is 0.151. The number of anilines is 1. The van der Waals surface area contributed by atoms with Crippen LogP contribution in [0.5, 0.6) is 0 Å². The Morgan fingerprint density at radius 1 is 1.54 bits per heavy atom. The van der Waals surface area contributed by atoms with Crippen LogP contribution in [0.3, 0.4) is 0 Å². The monoisotopic (exact) mass is 180 g/mol. The third-order valence-corrected chi connectivity index (χ3v) is 1.86. The van der Waals surface area contributed by atoms with E-state index in [-0.39, 0.29) is 0 Å². The van der Waals surface area contributed by atoms with Crippen LogP contribution in [0.4, 0.5) is 5.82 Å². The predicted molar refractivity (Wildman–Crippen MR) is 53.6 cm³/mol. The van der Waals surface area contributed by atoms with E-state index in [1.165, 1.54) is 0 Å². The Kier molecular flexibility index (Phi) is 3.71. The van der Waals surface area contributed by atoms with Crippen LogP contribution in [0.2, 0.25) is 0 Å². The van der Waals surface area contributed by atoms with Gasteiger partial charge in [-0.05, 0) is 31.4 Å². The molecule has 0 saturated carbocycles. The van der Waals surface area contributed by atoms with Crippen LogP contribution in [0.25, 0.3) is 0 Å². The first kappa shape index (κ1) is 9.99. The summed E-state index contributed by atoms with van der Waals surface area (Å²) in [5.74, 6) is 0.616. The number of hydrogen-bond donors (Lipinski definition) is 1. The minimum Gasteiger partial charge on any atom is -0.383 e. The summed E-state index contributed by atoms with van der Waals surface area (Å²) < 4.78 is 5.25. The van der Waals surface area contributed by atoms with Crippen molar-refractivity contribution in [2.24, 2.45) is 0 Å². The molecule has 0 aliphatic rings. The number of aromatic nitrogens is 1. The maximum absolute atomic E-state index is 5.71. The lowest BCUT2D eigenvalue weighted by atomic mass is 10.1. The SMILES string of the molecule is CCOCCc1cc(C)cnc1N. The summed E-state index contributed by atoms with van der Waals surface area (Å²) in [6.45, 7) is 5.46. The van der Waals surface area contributed by atoms with Crippen molar-refractivity contribution in [3.8, 4) is 0 Å². The lowest BCUT2D eigenvalue weighted by Crippen LogP contribution is -2.03. The van der Waals surface area contributed by atoms with Crippen molar-refractivity contribution in [2.45, 2.75) is 20.3 Å². The minimum atomic E-state index is 0.616. The second-order valence-electron chi connectivity index (χ2n) is 3.00. The summed E-state index contributed by atoms with van der Waals surface area (Å²) in [6.07, 6.45) is 2.62. The summed E-state index contributed by atoms with van der Waals surface area (Å²) in [4.78, 5) is 4.08. The van der Waals surface area contributed by atoms with Gasteiger partial charge in [-0.3, -0.25) is 0 Å². The maximum Gasteiger partial charge on any atom is 0.126 e. The molecule has 0 atom stereocenters. The molecular formula is C10H16N2O. The Morgan fingerprint density at radius 3 is 3.00 bits per heavy atom. The van der Waals surface area contributed by atoms with E-state index in [0.29, 0.717) is 12.4 Å². The van der Waals surface area contributed by atoms with E-state index >= 15 is 0 Å². The summed E-state index contributed by atoms with van der Waals surface area (Å²) >= 11 is 0. The molecule has 0 amide bonds. The number of nitrogens with zero attached hydrogens (tertiary/aromatic N) is 1. The summed E-state index contributed by atoms with van der Waals surface area (Å²) in [7, 11) is 0. The molecule has 1 aromatic heterocycles. The minimum absolute atomic E-state index is 0.616. The molecule has 0 aliphatic carbocycles. The molecule has 72 valence electrons. The average Bonchev–Trinajstić information content (AvgIpc) is 2.11. The highest BCUT2D eigenvalue weighted by Gasteiger charge is 2.00. The smallest absolute Gasteiger partial charge is 0.126 e. The van der Waals surface area contributed by atoms with E-state index in [9.17, 15) is 0 Å². The van der Waals surface area contributed by atoms with Crippen molar-refractivity contribution in [3.63, 3.8) is 0 Å². The van der Waals surface area contributed by atoms with Crippen LogP contribution in [-0.2, 0) is 11.2 Å². The van der Waals surface area contributed by atoms with Crippen molar-refractivity contribution in [1.82, 2.24) is 4.98 Å². The topological polar surface area (TPSA) is 48.1 Å². The number of nitrogen functional groups attached to an aromatic ring is 1. The zero-order valence-electron chi connectivity index (χ0n) is 8.21. The van der Waals surface area contributed by atoms with Gasteiger partial charge in [0.25, 0.3) is 0 Å². The molecule has 0 radical (unpaired) electrons. The Morgan fingerprint density at radius 2 is 2.31 bits per heavy atom. The first-order valence-corrected chi connectivity index (χ1v) is 4.52. The van der Waals surface area contributed by atoms with Crippen molar-refractivity contribution >= 4 is 5.82 Å². The molecule has 13 heavy (non-hydrogen) atoms. The zero-order chi connectivity index (χ0) is 9.68. The highest BCUT2D eigenvalue weighted by Crippen LogP contribution is 2.10. The number of nitrogens with two attached hydrogens (primary N) is 1. The van der Waals surface area contributed by atoms with Gasteiger partial charge in [-0.1, -0.05) is 6.07 Å². The van der Waals surface area contributed by atoms with Gasteiger partial charge >= 0.3 is 0 Å². The molecule has 0 bridgehead atoms. The van der Waals surface area contributed by atoms with Gasteiger partial charge in [-0.25, -0.2) is 4.98 Å². The van der Waals surface area contributed by atoms with Crippen LogP contribution in [-0.4, -0.2) is 18.2 Å². The van der Waals surface area contributed by atoms with Crippen LogP contribution in [0, 0.1) is 6.92 Å². The number of aryl methyl sites for hydroxylation is 1. The third kappa shape index (κ3) is 3.03. The fourth-order valence-corrected chi connectivity index (χ4v) is 1.17. The Labute approximate surface area is 78.9 Å². The molecule has 0 spiro atoms. The van der Waals surface area contributed by atoms with Gasteiger partial charge in [-0.15, -0.1) is 0 Å². The van der Waals surface area contributed by atoms with Gasteiger partial charge in [0, 0.05) is 12.8 Å². The highest BCUT2D eigenvalue weighted by molar-refractivity contribution is 5.40. The number of rotatable bonds is 4. The zero-order valence-corrected chi connectivity index (χ0v) is 8.21. The van der Waals surface area contributed by atoms with E-state index in [0.717, 1.165) is 24.2 Å². The molecule has 0 aromatic carbocycles. The van der Waals surface area contributed by atoms with E-state index < -0.39 is 0 Å². The fourth-order valence-electron chi connectivity index (χ4n) is 1.17. The second kappa shape index (κ2) is 4.82. The van der Waals surface area contributed by atoms with Crippen molar-refractivity contribution in [3.05, 3.63) is 23.4 Å². The molecule has 3 nitrogen and oxygen atoms in total. The summed E-state index contributed by atoms with van der Waals surface area (Å²) in [5, 5.41) is 0. The maximum atomic E-state index is 5.71. The molecule has 0 saturated heterocycles. The largest absolute Gasteiger partial charge is 0.383 e. The van der Waals surface area contributed by atoms with Crippen LogP contribution < -0.4 is 5.73 Å². The fraction of sp³-hybridized carbons (Fsp3) is 0.500. The number of hydrogen-bond acceptors (Lipinski definition) is 3. The molecule has 0 unspecified atom stereocenters. The lowest BCUT2D eigenvalue weighted by Gasteiger charge is -2.05. The quantitative estimate of drug-likeness (QED) is 0.715. The molecule has 0 fully saturated rings. The summed E-state index contributed by atoms with van der Waals surface area (Å²) in [5.41, 5.74) is 7.92.